The Kier molecular flexibility index (Phi) is 5.38. The first kappa shape index (κ1) is 19.6. The van der Waals surface area contributed by atoms with E-state index in [-0.39, 0.29) is 12.4 Å². The molecule has 0 aliphatic carbocycles. The van der Waals surface area contributed by atoms with E-state index in [1.54, 1.807) is 24.3 Å². The van der Waals surface area contributed by atoms with Crippen molar-refractivity contribution in [3.63, 3.8) is 0 Å². The summed E-state index contributed by atoms with van der Waals surface area (Å²) in [6.07, 6.45) is 1.79. The van der Waals surface area contributed by atoms with Crippen LogP contribution in [0, 0.1) is 0 Å². The number of ketones is 1. The van der Waals surface area contributed by atoms with E-state index < -0.39 is 18.3 Å². The van der Waals surface area contributed by atoms with Crippen LogP contribution >= 0.6 is 0 Å². The molecule has 0 aromatic heterocycles. The molecule has 140 valence electrons. The third-order valence-corrected chi connectivity index (χ3v) is 5.32. The van der Waals surface area contributed by atoms with E-state index in [0.717, 1.165) is 5.56 Å². The van der Waals surface area contributed by atoms with Crippen LogP contribution in [0.5, 0.6) is 0 Å². The fourth-order valence-electron chi connectivity index (χ4n) is 2.96. The van der Waals surface area contributed by atoms with Crippen molar-refractivity contribution >= 4 is 19.0 Å². The van der Waals surface area contributed by atoms with E-state index >= 15 is 0 Å². The third kappa shape index (κ3) is 3.91. The molecule has 5 heteroatoms. The van der Waals surface area contributed by atoms with Crippen LogP contribution in [0.2, 0.25) is 0 Å². The van der Waals surface area contributed by atoms with Crippen LogP contribution in [0.3, 0.4) is 0 Å². The van der Waals surface area contributed by atoms with Gasteiger partial charge in [-0.2, -0.15) is 0 Å². The molecular weight excluding hydrogens is 339 g/mol. The lowest BCUT2D eigenvalue weighted by molar-refractivity contribution is 0.00578. The highest BCUT2D eigenvalue weighted by Crippen LogP contribution is 2.38. The Hall–Kier alpha value is -2.21. The van der Waals surface area contributed by atoms with Gasteiger partial charge in [0.1, 0.15) is 0 Å². The normalized spacial score (nSPS) is 18.6. The molecule has 0 spiro atoms. The number of carbonyl (C=O) groups excluding carboxylic acids is 1. The van der Waals surface area contributed by atoms with Gasteiger partial charge in [-0.05, 0) is 38.7 Å². The van der Waals surface area contributed by atoms with Crippen LogP contribution in [-0.4, -0.2) is 35.8 Å². The van der Waals surface area contributed by atoms with Gasteiger partial charge in [0, 0.05) is 11.1 Å². The molecule has 3 rings (SSSR count). The highest BCUT2D eigenvalue weighted by molar-refractivity contribution is 6.55. The van der Waals surface area contributed by atoms with Crippen molar-refractivity contribution in [3.05, 3.63) is 76.8 Å². The SMILES string of the molecule is CC1(C)OB(C(=Cc2ccccc2C(=O)c2ccccc2)CO)OC1(C)C. The number of benzene rings is 2. The number of hydrogen-bond donors (Lipinski definition) is 1. The van der Waals surface area contributed by atoms with E-state index in [9.17, 15) is 9.90 Å². The average Bonchev–Trinajstić information content (AvgIpc) is 2.87. The van der Waals surface area contributed by atoms with Crippen molar-refractivity contribution in [3.8, 4) is 0 Å². The number of hydrogen-bond acceptors (Lipinski definition) is 4. The zero-order valence-corrected chi connectivity index (χ0v) is 16.2. The Labute approximate surface area is 161 Å². The Bertz CT molecular complexity index is 840. The van der Waals surface area contributed by atoms with Crippen LogP contribution in [0.1, 0.15) is 49.2 Å². The van der Waals surface area contributed by atoms with E-state index in [1.165, 1.54) is 0 Å². The summed E-state index contributed by atoms with van der Waals surface area (Å²) in [5.74, 6) is -0.0614. The van der Waals surface area contributed by atoms with Crippen LogP contribution in [0.25, 0.3) is 6.08 Å². The molecular formula is C22H25BO4. The Morgan fingerprint density at radius 2 is 1.52 bits per heavy atom. The fraction of sp³-hybridized carbons (Fsp3) is 0.318. The molecule has 1 aliphatic rings. The highest BCUT2D eigenvalue weighted by Gasteiger charge is 2.52. The third-order valence-electron chi connectivity index (χ3n) is 5.32. The first-order valence-corrected chi connectivity index (χ1v) is 9.11. The van der Waals surface area contributed by atoms with Gasteiger partial charge in [-0.1, -0.05) is 60.7 Å². The largest absolute Gasteiger partial charge is 0.492 e. The molecule has 0 atom stereocenters. The van der Waals surface area contributed by atoms with Gasteiger partial charge in [0.05, 0.1) is 17.8 Å². The zero-order chi connectivity index (χ0) is 19.7. The summed E-state index contributed by atoms with van der Waals surface area (Å²) >= 11 is 0. The van der Waals surface area contributed by atoms with Crippen molar-refractivity contribution in [2.24, 2.45) is 0 Å². The fourth-order valence-corrected chi connectivity index (χ4v) is 2.96. The maximum atomic E-state index is 12.9. The van der Waals surface area contributed by atoms with E-state index in [1.807, 2.05) is 64.1 Å². The number of rotatable bonds is 5. The lowest BCUT2D eigenvalue weighted by Gasteiger charge is -2.32. The summed E-state index contributed by atoms with van der Waals surface area (Å²) in [7, 11) is -0.653. The van der Waals surface area contributed by atoms with Gasteiger partial charge in [0.15, 0.2) is 5.78 Å². The molecule has 1 aliphatic heterocycles. The monoisotopic (exact) mass is 364 g/mol. The molecule has 0 bridgehead atoms. The maximum Gasteiger partial charge on any atom is 0.492 e. The smallest absolute Gasteiger partial charge is 0.400 e. The Balaban J connectivity index is 1.96. The van der Waals surface area contributed by atoms with Gasteiger partial charge in [-0.25, -0.2) is 0 Å². The minimum Gasteiger partial charge on any atom is -0.400 e. The molecule has 0 unspecified atom stereocenters. The molecule has 2 aromatic carbocycles. The second-order valence-corrected chi connectivity index (χ2v) is 7.75. The summed E-state index contributed by atoms with van der Waals surface area (Å²) in [4.78, 5) is 12.9. The molecule has 1 fully saturated rings. The molecule has 27 heavy (non-hydrogen) atoms. The minimum absolute atomic E-state index is 0.0614. The predicted molar refractivity (Wildman–Crippen MR) is 107 cm³/mol. The maximum absolute atomic E-state index is 12.9. The topological polar surface area (TPSA) is 55.8 Å². The van der Waals surface area contributed by atoms with Crippen molar-refractivity contribution < 1.29 is 19.2 Å². The summed E-state index contributed by atoms with van der Waals surface area (Å²) in [6.45, 7) is 7.65. The lowest BCUT2D eigenvalue weighted by Crippen LogP contribution is -2.41. The van der Waals surface area contributed by atoms with Gasteiger partial charge < -0.3 is 14.4 Å². The highest BCUT2D eigenvalue weighted by atomic mass is 16.7. The lowest BCUT2D eigenvalue weighted by atomic mass is 9.77. The number of aliphatic hydroxyl groups is 1. The molecule has 2 aromatic rings. The quantitative estimate of drug-likeness (QED) is 0.645. The molecule has 1 heterocycles. The second kappa shape index (κ2) is 7.43. The summed E-state index contributed by atoms with van der Waals surface area (Å²) in [5, 5.41) is 9.92. The Morgan fingerprint density at radius 3 is 2.11 bits per heavy atom. The van der Waals surface area contributed by atoms with Crippen molar-refractivity contribution in [1.29, 1.82) is 0 Å². The first-order chi connectivity index (χ1) is 12.7. The van der Waals surface area contributed by atoms with Crippen LogP contribution < -0.4 is 0 Å². The molecule has 0 saturated carbocycles. The predicted octanol–water partition coefficient (Wildman–Crippen LogP) is 3.92. The van der Waals surface area contributed by atoms with Gasteiger partial charge in [-0.15, -0.1) is 0 Å². The van der Waals surface area contributed by atoms with Crippen molar-refractivity contribution in [2.45, 2.75) is 38.9 Å². The summed E-state index contributed by atoms with van der Waals surface area (Å²) in [5.41, 5.74) is 1.52. The molecule has 4 nitrogen and oxygen atoms in total. The molecule has 1 N–H and O–H groups in total. The van der Waals surface area contributed by atoms with Gasteiger partial charge in [0.2, 0.25) is 0 Å². The molecule has 0 amide bonds. The van der Waals surface area contributed by atoms with E-state index in [4.69, 9.17) is 9.31 Å². The van der Waals surface area contributed by atoms with Crippen LogP contribution in [0.4, 0.5) is 0 Å². The number of carbonyl (C=O) groups is 1. The summed E-state index contributed by atoms with van der Waals surface area (Å²) in [6, 6.07) is 16.5. The van der Waals surface area contributed by atoms with Crippen molar-refractivity contribution in [2.75, 3.05) is 6.61 Å². The zero-order valence-electron chi connectivity index (χ0n) is 16.2. The first-order valence-electron chi connectivity index (χ1n) is 9.11. The van der Waals surface area contributed by atoms with E-state index in [2.05, 4.69) is 0 Å². The van der Waals surface area contributed by atoms with Gasteiger partial charge in [0.25, 0.3) is 0 Å². The van der Waals surface area contributed by atoms with Gasteiger partial charge >= 0.3 is 7.12 Å². The second-order valence-electron chi connectivity index (χ2n) is 7.75. The minimum atomic E-state index is -0.653. The molecule has 0 radical (unpaired) electrons. The van der Waals surface area contributed by atoms with Crippen LogP contribution in [-0.2, 0) is 9.31 Å². The standard InChI is InChI=1S/C22H25BO4/c1-21(2)22(3,4)27-23(26-21)18(15-24)14-17-12-8-9-13-19(17)20(25)16-10-6-5-7-11-16/h5-14,24H,15H2,1-4H3. The summed E-state index contributed by atoms with van der Waals surface area (Å²) < 4.78 is 12.1. The van der Waals surface area contributed by atoms with Crippen molar-refractivity contribution in [1.82, 2.24) is 0 Å². The Morgan fingerprint density at radius 1 is 0.963 bits per heavy atom. The number of aliphatic hydroxyl groups excluding tert-OH is 1. The van der Waals surface area contributed by atoms with E-state index in [0.29, 0.717) is 16.6 Å². The molecule has 1 saturated heterocycles. The van der Waals surface area contributed by atoms with Gasteiger partial charge in [-0.3, -0.25) is 4.79 Å². The average molecular weight is 364 g/mol. The van der Waals surface area contributed by atoms with Crippen LogP contribution in [0.15, 0.2) is 60.1 Å².